The molecule has 0 unspecified atom stereocenters. The van der Waals surface area contributed by atoms with Crippen LogP contribution >= 0.6 is 11.8 Å². The lowest BCUT2D eigenvalue weighted by molar-refractivity contribution is -0.119. The van der Waals surface area contributed by atoms with Crippen LogP contribution in [-0.2, 0) is 4.79 Å². The molecule has 1 amide bonds. The molecule has 26 heavy (non-hydrogen) atoms. The summed E-state index contributed by atoms with van der Waals surface area (Å²) in [5.74, 6) is 1.93. The van der Waals surface area contributed by atoms with Crippen LogP contribution in [0.15, 0.2) is 56.7 Å². The van der Waals surface area contributed by atoms with Crippen molar-refractivity contribution in [2.75, 3.05) is 12.4 Å². The Bertz CT molecular complexity index is 831. The number of rotatable bonds is 8. The Labute approximate surface area is 155 Å². The molecule has 3 aromatic rings. The van der Waals surface area contributed by atoms with E-state index in [0.29, 0.717) is 23.5 Å². The molecule has 2 heterocycles. The fourth-order valence-corrected chi connectivity index (χ4v) is 2.84. The fourth-order valence-electron chi connectivity index (χ4n) is 2.26. The number of nitrogens with one attached hydrogen (secondary N) is 1. The van der Waals surface area contributed by atoms with Gasteiger partial charge in [0, 0.05) is 5.56 Å². The van der Waals surface area contributed by atoms with Gasteiger partial charge in [-0.15, -0.1) is 10.2 Å². The van der Waals surface area contributed by atoms with Crippen molar-refractivity contribution in [1.82, 2.24) is 15.5 Å². The van der Waals surface area contributed by atoms with Crippen LogP contribution in [0.2, 0.25) is 0 Å². The highest BCUT2D eigenvalue weighted by Gasteiger charge is 2.14. The molecular weight excluding hydrogens is 354 g/mol. The van der Waals surface area contributed by atoms with Crippen LogP contribution in [0.25, 0.3) is 11.5 Å². The van der Waals surface area contributed by atoms with E-state index in [1.807, 2.05) is 44.2 Å². The highest BCUT2D eigenvalue weighted by atomic mass is 32.2. The summed E-state index contributed by atoms with van der Waals surface area (Å²) in [6, 6.07) is 10.8. The number of furan rings is 1. The van der Waals surface area contributed by atoms with E-state index in [-0.39, 0.29) is 17.7 Å². The molecule has 0 aliphatic heterocycles. The predicted molar refractivity (Wildman–Crippen MR) is 96.9 cm³/mol. The first-order chi connectivity index (χ1) is 12.7. The number of ether oxygens (including phenoxy) is 1. The van der Waals surface area contributed by atoms with Gasteiger partial charge in [0.1, 0.15) is 11.5 Å². The number of carbonyl (C=O) groups excluding carboxylic acids is 1. The molecule has 0 aliphatic rings. The summed E-state index contributed by atoms with van der Waals surface area (Å²) in [6.45, 7) is 4.40. The molecule has 0 fully saturated rings. The Hall–Kier alpha value is -2.74. The lowest BCUT2D eigenvalue weighted by Crippen LogP contribution is -2.27. The number of benzene rings is 1. The van der Waals surface area contributed by atoms with E-state index in [1.54, 1.807) is 12.3 Å². The predicted octanol–water partition coefficient (Wildman–Crippen LogP) is 3.70. The SMILES string of the molecule is CCOc1ccc(-c2nnc(SCC(=O)N[C@@H](C)c3ccco3)o2)cc1. The van der Waals surface area contributed by atoms with Gasteiger partial charge in [-0.05, 0) is 50.2 Å². The third-order valence-electron chi connectivity index (χ3n) is 3.49. The first kappa shape index (κ1) is 18.1. The monoisotopic (exact) mass is 373 g/mol. The van der Waals surface area contributed by atoms with Crippen LogP contribution < -0.4 is 10.1 Å². The van der Waals surface area contributed by atoms with Crippen LogP contribution in [0.5, 0.6) is 5.75 Å². The lowest BCUT2D eigenvalue weighted by atomic mass is 10.2. The van der Waals surface area contributed by atoms with E-state index in [0.717, 1.165) is 11.3 Å². The normalized spacial score (nSPS) is 11.9. The fraction of sp³-hybridized carbons (Fsp3) is 0.278. The number of hydrogen-bond donors (Lipinski definition) is 1. The second-order valence-corrected chi connectivity index (χ2v) is 6.35. The third kappa shape index (κ3) is 4.66. The maximum Gasteiger partial charge on any atom is 0.277 e. The molecular formula is C18H19N3O4S. The van der Waals surface area contributed by atoms with Crippen molar-refractivity contribution in [3.05, 3.63) is 48.4 Å². The molecule has 1 N–H and O–H groups in total. The van der Waals surface area contributed by atoms with E-state index in [1.165, 1.54) is 11.8 Å². The molecule has 0 aliphatic carbocycles. The van der Waals surface area contributed by atoms with Gasteiger partial charge in [0.25, 0.3) is 5.22 Å². The van der Waals surface area contributed by atoms with E-state index >= 15 is 0 Å². The molecule has 0 bridgehead atoms. The number of aromatic nitrogens is 2. The van der Waals surface area contributed by atoms with Gasteiger partial charge >= 0.3 is 0 Å². The summed E-state index contributed by atoms with van der Waals surface area (Å²) in [5, 5.41) is 11.2. The van der Waals surface area contributed by atoms with Gasteiger partial charge in [-0.2, -0.15) is 0 Å². The Kier molecular flexibility index (Phi) is 5.96. The molecule has 0 radical (unpaired) electrons. The average molecular weight is 373 g/mol. The second-order valence-electron chi connectivity index (χ2n) is 5.42. The minimum atomic E-state index is -0.194. The highest BCUT2D eigenvalue weighted by Crippen LogP contribution is 2.25. The lowest BCUT2D eigenvalue weighted by Gasteiger charge is -2.10. The molecule has 7 nitrogen and oxygen atoms in total. The molecule has 1 aromatic carbocycles. The van der Waals surface area contributed by atoms with Gasteiger partial charge in [0.15, 0.2) is 0 Å². The van der Waals surface area contributed by atoms with Gasteiger partial charge in [-0.1, -0.05) is 11.8 Å². The Morgan fingerprint density at radius 1 is 1.27 bits per heavy atom. The zero-order valence-electron chi connectivity index (χ0n) is 14.5. The van der Waals surface area contributed by atoms with Gasteiger partial charge in [0.2, 0.25) is 11.8 Å². The van der Waals surface area contributed by atoms with E-state index < -0.39 is 0 Å². The van der Waals surface area contributed by atoms with E-state index in [4.69, 9.17) is 13.6 Å². The maximum absolute atomic E-state index is 12.0. The summed E-state index contributed by atoms with van der Waals surface area (Å²) >= 11 is 1.19. The van der Waals surface area contributed by atoms with Gasteiger partial charge < -0.3 is 18.9 Å². The van der Waals surface area contributed by atoms with Crippen molar-refractivity contribution in [2.24, 2.45) is 0 Å². The zero-order valence-corrected chi connectivity index (χ0v) is 15.3. The Morgan fingerprint density at radius 3 is 2.77 bits per heavy atom. The van der Waals surface area contributed by atoms with Crippen molar-refractivity contribution < 1.29 is 18.4 Å². The number of carbonyl (C=O) groups is 1. The van der Waals surface area contributed by atoms with Crippen LogP contribution in [0.4, 0.5) is 0 Å². The molecule has 0 saturated heterocycles. The highest BCUT2D eigenvalue weighted by molar-refractivity contribution is 7.99. The quantitative estimate of drug-likeness (QED) is 0.602. The number of thioether (sulfide) groups is 1. The van der Waals surface area contributed by atoms with Crippen molar-refractivity contribution in [3.8, 4) is 17.2 Å². The average Bonchev–Trinajstić information content (AvgIpc) is 3.33. The Balaban J connectivity index is 1.52. The first-order valence-electron chi connectivity index (χ1n) is 8.18. The molecule has 8 heteroatoms. The van der Waals surface area contributed by atoms with E-state index in [9.17, 15) is 4.79 Å². The van der Waals surface area contributed by atoms with E-state index in [2.05, 4.69) is 15.5 Å². The topological polar surface area (TPSA) is 90.4 Å². The third-order valence-corrected chi connectivity index (χ3v) is 4.31. The van der Waals surface area contributed by atoms with Crippen LogP contribution in [0.3, 0.4) is 0 Å². The second kappa shape index (κ2) is 8.57. The maximum atomic E-state index is 12.0. The van der Waals surface area contributed by atoms with Crippen molar-refractivity contribution in [3.63, 3.8) is 0 Å². The molecule has 0 saturated carbocycles. The zero-order chi connectivity index (χ0) is 18.4. The van der Waals surface area contributed by atoms with Crippen molar-refractivity contribution in [1.29, 1.82) is 0 Å². The van der Waals surface area contributed by atoms with Crippen molar-refractivity contribution >= 4 is 17.7 Å². The smallest absolute Gasteiger partial charge is 0.277 e. The molecule has 136 valence electrons. The summed E-state index contributed by atoms with van der Waals surface area (Å²) < 4.78 is 16.3. The number of amides is 1. The molecule has 1 atom stereocenters. The van der Waals surface area contributed by atoms with Crippen LogP contribution in [0, 0.1) is 0 Å². The minimum absolute atomic E-state index is 0.139. The number of nitrogens with zero attached hydrogens (tertiary/aromatic N) is 2. The van der Waals surface area contributed by atoms with Crippen molar-refractivity contribution in [2.45, 2.75) is 25.1 Å². The van der Waals surface area contributed by atoms with Gasteiger partial charge in [0.05, 0.1) is 24.7 Å². The molecule has 2 aromatic heterocycles. The summed E-state index contributed by atoms with van der Waals surface area (Å²) in [5.41, 5.74) is 0.795. The van der Waals surface area contributed by atoms with Crippen LogP contribution in [0.1, 0.15) is 25.6 Å². The molecule has 3 rings (SSSR count). The summed E-state index contributed by atoms with van der Waals surface area (Å²) in [4.78, 5) is 12.0. The summed E-state index contributed by atoms with van der Waals surface area (Å²) in [7, 11) is 0. The summed E-state index contributed by atoms with van der Waals surface area (Å²) in [6.07, 6.45) is 1.58. The number of hydrogen-bond acceptors (Lipinski definition) is 7. The van der Waals surface area contributed by atoms with Crippen LogP contribution in [-0.4, -0.2) is 28.5 Å². The van der Waals surface area contributed by atoms with Gasteiger partial charge in [-0.3, -0.25) is 4.79 Å². The minimum Gasteiger partial charge on any atom is -0.494 e. The standard InChI is InChI=1S/C18H19N3O4S/c1-3-23-14-8-6-13(7-9-14)17-20-21-18(25-17)26-11-16(22)19-12(2)15-5-4-10-24-15/h4-10,12H,3,11H2,1-2H3,(H,19,22)/t12-/m0/s1. The first-order valence-corrected chi connectivity index (χ1v) is 9.16. The molecule has 0 spiro atoms. The van der Waals surface area contributed by atoms with Gasteiger partial charge in [-0.25, -0.2) is 0 Å². The Morgan fingerprint density at radius 2 is 2.08 bits per heavy atom. The largest absolute Gasteiger partial charge is 0.494 e.